The van der Waals surface area contributed by atoms with Gasteiger partial charge in [-0.2, -0.15) is 16.4 Å². The molecule has 1 aliphatic carbocycles. The van der Waals surface area contributed by atoms with E-state index in [9.17, 15) is 4.79 Å². The molecule has 7 rings (SSSR count). The van der Waals surface area contributed by atoms with Gasteiger partial charge >= 0.3 is 0 Å². The van der Waals surface area contributed by atoms with Crippen LogP contribution in [0.5, 0.6) is 0 Å². The average molecular weight is 520 g/mol. The number of hydrogen-bond acceptors (Lipinski definition) is 6. The Morgan fingerprint density at radius 1 is 0.947 bits per heavy atom. The number of nitrogens with one attached hydrogen (secondary N) is 3. The van der Waals surface area contributed by atoms with E-state index in [2.05, 4.69) is 53.4 Å². The number of carbonyl (C=O) groups is 1. The molecule has 0 unspecified atom stereocenters. The lowest BCUT2D eigenvalue weighted by molar-refractivity contribution is -0.120. The highest BCUT2D eigenvalue weighted by atomic mass is 32.1. The van der Waals surface area contributed by atoms with Crippen LogP contribution in [-0.4, -0.2) is 36.0 Å². The third kappa shape index (κ3) is 4.14. The molecule has 1 amide bonds. The molecule has 9 heteroatoms. The second-order valence-electron chi connectivity index (χ2n) is 9.79. The van der Waals surface area contributed by atoms with Gasteiger partial charge in [0.1, 0.15) is 11.2 Å². The van der Waals surface area contributed by atoms with Crippen molar-refractivity contribution in [3.8, 4) is 33.8 Å². The van der Waals surface area contributed by atoms with Crippen molar-refractivity contribution in [1.82, 2.24) is 30.1 Å². The fourth-order valence-corrected chi connectivity index (χ4v) is 5.99. The van der Waals surface area contributed by atoms with E-state index >= 15 is 0 Å². The maximum Gasteiger partial charge on any atom is 0.227 e. The number of anilines is 1. The number of pyridine rings is 3. The molecule has 3 N–H and O–H groups in total. The quantitative estimate of drug-likeness (QED) is 0.232. The summed E-state index contributed by atoms with van der Waals surface area (Å²) in [6.45, 7) is 0. The molecule has 1 fully saturated rings. The number of fused-ring (bicyclic) bond motifs is 2. The van der Waals surface area contributed by atoms with Gasteiger partial charge in [-0.15, -0.1) is 0 Å². The van der Waals surface area contributed by atoms with Crippen LogP contribution in [0.4, 0.5) is 5.69 Å². The first-order valence-corrected chi connectivity index (χ1v) is 13.8. The summed E-state index contributed by atoms with van der Waals surface area (Å²) < 4.78 is 0. The molecule has 1 aliphatic rings. The van der Waals surface area contributed by atoms with Gasteiger partial charge in [-0.05, 0) is 59.5 Å². The van der Waals surface area contributed by atoms with Crippen molar-refractivity contribution < 1.29 is 4.79 Å². The standard InChI is InChI=1S/C29H25N7OS/c37-29(17-4-2-1-3-5-17)32-20-10-19(12-30-13-20)23-6-7-24-27(34-23)28(36-35-24)25-11-21-22(18-8-9-38-16-18)14-31-15-26(21)33-25/h6-17,33H,1-5H2,(H,32,37)(H,35,36). The van der Waals surface area contributed by atoms with Crippen molar-refractivity contribution in [2.75, 3.05) is 5.32 Å². The summed E-state index contributed by atoms with van der Waals surface area (Å²) in [5.41, 5.74) is 8.67. The topological polar surface area (TPSA) is 112 Å². The monoisotopic (exact) mass is 519 g/mol. The normalized spacial score (nSPS) is 14.3. The number of carbonyl (C=O) groups excluding carboxylic acids is 1. The number of thiophene rings is 1. The fourth-order valence-electron chi connectivity index (χ4n) is 5.33. The number of amides is 1. The van der Waals surface area contributed by atoms with Gasteiger partial charge in [0.05, 0.1) is 40.5 Å². The predicted molar refractivity (Wildman–Crippen MR) is 151 cm³/mol. The van der Waals surface area contributed by atoms with E-state index in [1.54, 1.807) is 23.7 Å². The van der Waals surface area contributed by atoms with Crippen LogP contribution in [0.3, 0.4) is 0 Å². The fraction of sp³-hybridized carbons (Fsp3) is 0.207. The highest BCUT2D eigenvalue weighted by Gasteiger charge is 2.21. The molecule has 6 aromatic rings. The smallest absolute Gasteiger partial charge is 0.227 e. The van der Waals surface area contributed by atoms with E-state index in [1.807, 2.05) is 30.6 Å². The summed E-state index contributed by atoms with van der Waals surface area (Å²) in [7, 11) is 0. The zero-order valence-electron chi connectivity index (χ0n) is 20.6. The molecule has 0 bridgehead atoms. The van der Waals surface area contributed by atoms with E-state index in [0.717, 1.165) is 81.4 Å². The number of rotatable bonds is 5. The minimum atomic E-state index is 0.0827. The molecule has 0 aromatic carbocycles. The van der Waals surface area contributed by atoms with Gasteiger partial charge in [0.15, 0.2) is 0 Å². The molecule has 38 heavy (non-hydrogen) atoms. The molecule has 6 heterocycles. The lowest BCUT2D eigenvalue weighted by Crippen LogP contribution is -2.24. The molecule has 1 saturated carbocycles. The molecular formula is C29H25N7OS. The molecule has 0 radical (unpaired) electrons. The summed E-state index contributed by atoms with van der Waals surface area (Å²) in [5.74, 6) is 0.168. The molecule has 0 aliphatic heterocycles. The van der Waals surface area contributed by atoms with Gasteiger partial charge in [-0.3, -0.25) is 19.9 Å². The van der Waals surface area contributed by atoms with E-state index in [1.165, 1.54) is 6.42 Å². The first-order valence-electron chi connectivity index (χ1n) is 12.8. The Balaban J connectivity index is 1.23. The van der Waals surface area contributed by atoms with Gasteiger partial charge < -0.3 is 10.3 Å². The minimum Gasteiger partial charge on any atom is -0.352 e. The third-order valence-corrected chi connectivity index (χ3v) is 8.00. The Kier molecular flexibility index (Phi) is 5.70. The molecule has 188 valence electrons. The predicted octanol–water partition coefficient (Wildman–Crippen LogP) is 6.81. The summed E-state index contributed by atoms with van der Waals surface area (Å²) >= 11 is 1.67. The van der Waals surface area contributed by atoms with Crippen molar-refractivity contribution in [2.24, 2.45) is 5.92 Å². The molecule has 0 spiro atoms. The van der Waals surface area contributed by atoms with Crippen LogP contribution in [0.2, 0.25) is 0 Å². The Morgan fingerprint density at radius 3 is 2.71 bits per heavy atom. The van der Waals surface area contributed by atoms with Gasteiger partial charge in [0.2, 0.25) is 5.91 Å². The van der Waals surface area contributed by atoms with Crippen LogP contribution in [0.15, 0.2) is 65.9 Å². The minimum absolute atomic E-state index is 0.0827. The Labute approximate surface area is 222 Å². The molecule has 0 atom stereocenters. The van der Waals surface area contributed by atoms with Crippen LogP contribution >= 0.6 is 11.3 Å². The first-order chi connectivity index (χ1) is 18.7. The maximum absolute atomic E-state index is 12.8. The largest absolute Gasteiger partial charge is 0.352 e. The summed E-state index contributed by atoms with van der Waals surface area (Å²) in [4.78, 5) is 30.0. The SMILES string of the molecule is O=C(Nc1cncc(-c2ccc3[nH]nc(-c4cc5c(-c6ccsc6)cncc5[nH]4)c3n2)c1)C1CCCCC1. The lowest BCUT2D eigenvalue weighted by atomic mass is 9.88. The van der Waals surface area contributed by atoms with Crippen LogP contribution in [-0.2, 0) is 4.79 Å². The van der Waals surface area contributed by atoms with Gasteiger partial charge in [-0.1, -0.05) is 19.3 Å². The number of H-pyrrole nitrogens is 2. The van der Waals surface area contributed by atoms with Gasteiger partial charge in [0.25, 0.3) is 0 Å². The van der Waals surface area contributed by atoms with Crippen molar-refractivity contribution in [3.05, 3.63) is 65.9 Å². The van der Waals surface area contributed by atoms with Crippen molar-refractivity contribution in [3.63, 3.8) is 0 Å². The lowest BCUT2D eigenvalue weighted by Gasteiger charge is -2.20. The van der Waals surface area contributed by atoms with Crippen LogP contribution in [0.25, 0.3) is 55.7 Å². The highest BCUT2D eigenvalue weighted by Crippen LogP contribution is 2.34. The van der Waals surface area contributed by atoms with E-state index < -0.39 is 0 Å². The molecule has 8 nitrogen and oxygen atoms in total. The number of hydrogen-bond donors (Lipinski definition) is 3. The zero-order valence-corrected chi connectivity index (χ0v) is 21.4. The van der Waals surface area contributed by atoms with Crippen LogP contribution in [0, 0.1) is 5.92 Å². The van der Waals surface area contributed by atoms with Crippen molar-refractivity contribution >= 4 is 44.9 Å². The van der Waals surface area contributed by atoms with Crippen molar-refractivity contribution in [1.29, 1.82) is 0 Å². The summed E-state index contributed by atoms with van der Waals surface area (Å²) in [5, 5.41) is 16.0. The molecule has 6 aromatic heterocycles. The first kappa shape index (κ1) is 22.8. The average Bonchev–Trinajstić information content (AvgIpc) is 3.73. The number of aromatic amines is 2. The third-order valence-electron chi connectivity index (χ3n) is 7.32. The summed E-state index contributed by atoms with van der Waals surface area (Å²) in [6.07, 6.45) is 12.6. The van der Waals surface area contributed by atoms with E-state index in [-0.39, 0.29) is 11.8 Å². The van der Waals surface area contributed by atoms with E-state index in [4.69, 9.17) is 4.98 Å². The Hall–Kier alpha value is -4.37. The second-order valence-corrected chi connectivity index (χ2v) is 10.6. The maximum atomic E-state index is 12.8. The van der Waals surface area contributed by atoms with Gasteiger partial charge in [0, 0.05) is 34.8 Å². The summed E-state index contributed by atoms with van der Waals surface area (Å²) in [6, 6.07) is 10.1. The Bertz CT molecular complexity index is 1760. The molecular weight excluding hydrogens is 494 g/mol. The van der Waals surface area contributed by atoms with Gasteiger partial charge in [-0.25, -0.2) is 4.98 Å². The van der Waals surface area contributed by atoms with Crippen LogP contribution in [0.1, 0.15) is 32.1 Å². The Morgan fingerprint density at radius 2 is 1.84 bits per heavy atom. The van der Waals surface area contributed by atoms with Crippen LogP contribution < -0.4 is 5.32 Å². The van der Waals surface area contributed by atoms with Crippen molar-refractivity contribution in [2.45, 2.75) is 32.1 Å². The number of aromatic nitrogens is 6. The zero-order chi connectivity index (χ0) is 25.5. The molecule has 0 saturated heterocycles. The highest BCUT2D eigenvalue weighted by molar-refractivity contribution is 7.08. The number of nitrogens with zero attached hydrogens (tertiary/aromatic N) is 4. The second kappa shape index (κ2) is 9.50. The van der Waals surface area contributed by atoms with E-state index in [0.29, 0.717) is 5.69 Å².